The van der Waals surface area contributed by atoms with Crippen molar-refractivity contribution in [1.29, 1.82) is 0 Å². The number of nitrogens with one attached hydrogen (secondary N) is 1. The first-order valence-corrected chi connectivity index (χ1v) is 10.0. The molecule has 0 saturated carbocycles. The summed E-state index contributed by atoms with van der Waals surface area (Å²) >= 11 is 0. The molecule has 0 aliphatic carbocycles. The molecule has 3 heterocycles. The molecule has 1 saturated heterocycles. The Morgan fingerprint density at radius 2 is 2.06 bits per heavy atom. The second-order valence-corrected chi connectivity index (χ2v) is 7.46. The van der Waals surface area contributed by atoms with E-state index in [1.807, 2.05) is 11.8 Å². The van der Waals surface area contributed by atoms with Crippen LogP contribution < -0.4 is 15.2 Å². The molecule has 0 unspecified atom stereocenters. The van der Waals surface area contributed by atoms with Gasteiger partial charge >= 0.3 is 6.18 Å². The van der Waals surface area contributed by atoms with Gasteiger partial charge in [0.25, 0.3) is 5.56 Å². The number of anilines is 1. The number of pyridine rings is 1. The number of halogens is 3. The lowest BCUT2D eigenvalue weighted by atomic mass is 10.0. The molecule has 1 N–H and O–H groups in total. The fraction of sp³-hybridized carbons (Fsp3) is 0.429. The van der Waals surface area contributed by atoms with Crippen LogP contribution in [0.2, 0.25) is 0 Å². The monoisotopic (exact) mass is 436 g/mol. The third-order valence-corrected chi connectivity index (χ3v) is 5.48. The minimum Gasteiger partial charge on any atom is -0.486 e. The number of rotatable bonds is 5. The molecule has 3 aromatic rings. The average Bonchev–Trinajstić information content (AvgIpc) is 3.22. The molecular formula is C21H23F3N4O3. The van der Waals surface area contributed by atoms with Crippen LogP contribution in [0, 0.1) is 0 Å². The number of nitrogens with zero attached hydrogens (tertiary/aromatic N) is 3. The van der Waals surface area contributed by atoms with Crippen molar-refractivity contribution in [1.82, 2.24) is 14.8 Å². The third kappa shape index (κ3) is 4.25. The average molecular weight is 436 g/mol. The van der Waals surface area contributed by atoms with Crippen LogP contribution in [0.1, 0.15) is 18.9 Å². The Bertz CT molecular complexity index is 1120. The van der Waals surface area contributed by atoms with Gasteiger partial charge in [-0.15, -0.1) is 0 Å². The molecule has 7 nitrogen and oxygen atoms in total. The van der Waals surface area contributed by atoms with Gasteiger partial charge in [0.15, 0.2) is 0 Å². The number of H-pyrrole nitrogens is 1. The highest BCUT2D eigenvalue weighted by molar-refractivity contribution is 5.87. The molecule has 1 aliphatic rings. The summed E-state index contributed by atoms with van der Waals surface area (Å²) in [6.07, 6.45) is -3.00. The SMILES string of the molecule is CCO[C@@H]1CCN(c2cc(=O)n(C)c3c[nH]nc23)C[C@H]1Oc1cccc(C(F)(F)F)c1. The lowest BCUT2D eigenvalue weighted by Crippen LogP contribution is -2.51. The van der Waals surface area contributed by atoms with E-state index in [1.54, 1.807) is 13.2 Å². The van der Waals surface area contributed by atoms with Crippen LogP contribution in [0.25, 0.3) is 11.0 Å². The van der Waals surface area contributed by atoms with Gasteiger partial charge in [-0.2, -0.15) is 18.3 Å². The van der Waals surface area contributed by atoms with Crippen molar-refractivity contribution in [2.75, 3.05) is 24.6 Å². The number of alkyl halides is 3. The van der Waals surface area contributed by atoms with Gasteiger partial charge in [0.2, 0.25) is 0 Å². The van der Waals surface area contributed by atoms with Gasteiger partial charge in [0, 0.05) is 32.5 Å². The Hall–Kier alpha value is -3.01. The van der Waals surface area contributed by atoms with Crippen LogP contribution in [0.4, 0.5) is 18.9 Å². The predicted octanol–water partition coefficient (Wildman–Crippen LogP) is 3.34. The molecule has 1 fully saturated rings. The van der Waals surface area contributed by atoms with Crippen LogP contribution in [0.5, 0.6) is 5.75 Å². The second-order valence-electron chi connectivity index (χ2n) is 7.46. The maximum absolute atomic E-state index is 13.1. The predicted molar refractivity (Wildman–Crippen MR) is 109 cm³/mol. The molecule has 0 bridgehead atoms. The molecule has 2 aromatic heterocycles. The van der Waals surface area contributed by atoms with E-state index in [9.17, 15) is 18.0 Å². The Morgan fingerprint density at radius 3 is 2.81 bits per heavy atom. The number of piperidine rings is 1. The van der Waals surface area contributed by atoms with E-state index in [4.69, 9.17) is 9.47 Å². The van der Waals surface area contributed by atoms with Gasteiger partial charge in [-0.3, -0.25) is 9.89 Å². The highest BCUT2D eigenvalue weighted by atomic mass is 19.4. The van der Waals surface area contributed by atoms with Crippen molar-refractivity contribution in [2.45, 2.75) is 31.7 Å². The van der Waals surface area contributed by atoms with E-state index in [0.29, 0.717) is 42.8 Å². The number of aryl methyl sites for hydroxylation is 1. The minimum absolute atomic E-state index is 0.125. The largest absolute Gasteiger partial charge is 0.486 e. The van der Waals surface area contributed by atoms with Crippen LogP contribution in [0.3, 0.4) is 0 Å². The maximum atomic E-state index is 13.1. The smallest absolute Gasteiger partial charge is 0.416 e. The van der Waals surface area contributed by atoms with Gasteiger partial charge < -0.3 is 18.9 Å². The molecule has 0 radical (unpaired) electrons. The lowest BCUT2D eigenvalue weighted by Gasteiger charge is -2.39. The van der Waals surface area contributed by atoms with E-state index in [2.05, 4.69) is 10.2 Å². The standard InChI is InChI=1S/C21H23F3N4O3/c1-3-30-17-7-8-28(15-10-19(29)27(2)16-11-25-26-20(15)16)12-18(17)31-14-6-4-5-13(9-14)21(22,23)24/h4-6,9-11,17-18H,3,7-8,12H2,1-2H3,(H,25,26)/t17-,18-/m1/s1. The van der Waals surface area contributed by atoms with Crippen molar-refractivity contribution in [3.05, 3.63) is 52.4 Å². The number of hydrogen-bond donors (Lipinski definition) is 1. The number of aromatic amines is 1. The zero-order chi connectivity index (χ0) is 22.2. The summed E-state index contributed by atoms with van der Waals surface area (Å²) in [4.78, 5) is 14.4. The Labute approximate surface area is 176 Å². The zero-order valence-electron chi connectivity index (χ0n) is 17.1. The van der Waals surface area contributed by atoms with Gasteiger partial charge in [0.1, 0.15) is 17.4 Å². The van der Waals surface area contributed by atoms with Crippen LogP contribution in [0.15, 0.2) is 41.3 Å². The molecule has 166 valence electrons. The summed E-state index contributed by atoms with van der Waals surface area (Å²) in [6.45, 7) is 3.27. The van der Waals surface area contributed by atoms with Gasteiger partial charge in [-0.25, -0.2) is 0 Å². The summed E-state index contributed by atoms with van der Waals surface area (Å²) in [7, 11) is 1.67. The van der Waals surface area contributed by atoms with Crippen molar-refractivity contribution >= 4 is 16.7 Å². The molecule has 0 spiro atoms. The summed E-state index contributed by atoms with van der Waals surface area (Å²) in [6, 6.07) is 6.34. The minimum atomic E-state index is -4.45. The van der Waals surface area contributed by atoms with Crippen LogP contribution in [-0.4, -0.2) is 46.7 Å². The molecule has 2 atom stereocenters. The van der Waals surface area contributed by atoms with Gasteiger partial charge in [0.05, 0.1) is 29.4 Å². The Morgan fingerprint density at radius 1 is 1.26 bits per heavy atom. The van der Waals surface area contributed by atoms with Gasteiger partial charge in [-0.05, 0) is 31.5 Å². The van der Waals surface area contributed by atoms with Crippen molar-refractivity contribution in [3.8, 4) is 5.75 Å². The summed E-state index contributed by atoms with van der Waals surface area (Å²) in [5.41, 5.74) is 1.04. The quantitative estimate of drug-likeness (QED) is 0.664. The zero-order valence-corrected chi connectivity index (χ0v) is 17.1. The molecule has 10 heteroatoms. The summed E-state index contributed by atoms with van der Waals surface area (Å²) in [5, 5.41) is 7.06. The van der Waals surface area contributed by atoms with Crippen molar-refractivity contribution in [2.24, 2.45) is 7.05 Å². The molecule has 1 aromatic carbocycles. The lowest BCUT2D eigenvalue weighted by molar-refractivity contribution is -0.137. The maximum Gasteiger partial charge on any atom is 0.416 e. The Balaban J connectivity index is 1.63. The molecular weight excluding hydrogens is 413 g/mol. The second kappa shape index (κ2) is 8.26. The van der Waals surface area contributed by atoms with E-state index in [1.165, 1.54) is 22.8 Å². The number of hydrogen-bond acceptors (Lipinski definition) is 5. The van der Waals surface area contributed by atoms with Crippen LogP contribution >= 0.6 is 0 Å². The first-order valence-electron chi connectivity index (χ1n) is 10.0. The number of fused-ring (bicyclic) bond motifs is 1. The first-order chi connectivity index (χ1) is 14.8. The van der Waals surface area contributed by atoms with E-state index >= 15 is 0 Å². The van der Waals surface area contributed by atoms with Crippen molar-refractivity contribution in [3.63, 3.8) is 0 Å². The molecule has 0 amide bonds. The number of aromatic nitrogens is 3. The fourth-order valence-electron chi connectivity index (χ4n) is 3.92. The van der Waals surface area contributed by atoms with E-state index in [0.717, 1.165) is 12.1 Å². The molecule has 4 rings (SSSR count). The van der Waals surface area contributed by atoms with Crippen LogP contribution in [-0.2, 0) is 18.0 Å². The highest BCUT2D eigenvalue weighted by Gasteiger charge is 2.34. The third-order valence-electron chi connectivity index (χ3n) is 5.48. The number of benzene rings is 1. The van der Waals surface area contributed by atoms with Crippen molar-refractivity contribution < 1.29 is 22.6 Å². The molecule has 1 aliphatic heterocycles. The topological polar surface area (TPSA) is 72.4 Å². The van der Waals surface area contributed by atoms with E-state index in [-0.39, 0.29) is 17.4 Å². The summed E-state index contributed by atoms with van der Waals surface area (Å²) < 4.78 is 52.5. The molecule has 31 heavy (non-hydrogen) atoms. The van der Waals surface area contributed by atoms with E-state index < -0.39 is 17.8 Å². The fourth-order valence-corrected chi connectivity index (χ4v) is 3.92. The Kier molecular flexibility index (Phi) is 5.65. The number of ether oxygens (including phenoxy) is 2. The first kappa shape index (κ1) is 21.2. The summed E-state index contributed by atoms with van der Waals surface area (Å²) in [5.74, 6) is 0.125. The normalized spacial score (nSPS) is 19.7. The highest BCUT2D eigenvalue weighted by Crippen LogP contribution is 2.33. The van der Waals surface area contributed by atoms with Gasteiger partial charge in [-0.1, -0.05) is 6.07 Å².